The topological polar surface area (TPSA) is 24.9 Å². The van der Waals surface area contributed by atoms with Crippen molar-refractivity contribution in [2.75, 3.05) is 6.54 Å². The van der Waals surface area contributed by atoms with E-state index in [4.69, 9.17) is 0 Å². The number of pyridine rings is 1. The van der Waals surface area contributed by atoms with E-state index in [2.05, 4.69) is 33.2 Å². The largest absolute Gasteiger partial charge is 0.310 e. The van der Waals surface area contributed by atoms with Gasteiger partial charge in [-0.2, -0.15) is 0 Å². The van der Waals surface area contributed by atoms with Crippen molar-refractivity contribution >= 4 is 15.9 Å². The molecule has 0 saturated carbocycles. The van der Waals surface area contributed by atoms with Gasteiger partial charge in [-0.1, -0.05) is 0 Å². The summed E-state index contributed by atoms with van der Waals surface area (Å²) in [5.74, 6) is 0. The minimum atomic E-state index is 0.519. The van der Waals surface area contributed by atoms with E-state index in [1.54, 1.807) is 0 Å². The smallest absolute Gasteiger partial charge is 0.0413 e. The molecule has 1 saturated heterocycles. The Hall–Kier alpha value is -0.410. The summed E-state index contributed by atoms with van der Waals surface area (Å²) in [5, 5.41) is 3.48. The van der Waals surface area contributed by atoms with E-state index in [1.807, 2.05) is 12.4 Å². The van der Waals surface area contributed by atoms with Gasteiger partial charge in [0.15, 0.2) is 0 Å². The van der Waals surface area contributed by atoms with Gasteiger partial charge in [0, 0.05) is 22.9 Å². The van der Waals surface area contributed by atoms with Crippen LogP contribution in [0.25, 0.3) is 0 Å². The van der Waals surface area contributed by atoms with Gasteiger partial charge in [-0.15, -0.1) is 0 Å². The lowest BCUT2D eigenvalue weighted by Gasteiger charge is -2.13. The molecule has 0 amide bonds. The predicted molar refractivity (Wildman–Crippen MR) is 56.7 cm³/mol. The number of nitrogens with zero attached hydrogens (tertiary/aromatic N) is 1. The first-order valence-electron chi connectivity index (χ1n) is 4.62. The molecule has 1 aromatic rings. The zero-order valence-electron chi connectivity index (χ0n) is 7.68. The monoisotopic (exact) mass is 240 g/mol. The van der Waals surface area contributed by atoms with Crippen LogP contribution >= 0.6 is 15.9 Å². The van der Waals surface area contributed by atoms with Crippen LogP contribution in [0.4, 0.5) is 0 Å². The van der Waals surface area contributed by atoms with Crippen molar-refractivity contribution in [1.82, 2.24) is 10.3 Å². The molecule has 0 bridgehead atoms. The first-order valence-corrected chi connectivity index (χ1v) is 5.41. The van der Waals surface area contributed by atoms with Crippen LogP contribution in [0.5, 0.6) is 0 Å². The molecule has 0 aromatic carbocycles. The zero-order valence-corrected chi connectivity index (χ0v) is 9.26. The minimum Gasteiger partial charge on any atom is -0.310 e. The third-order valence-corrected chi connectivity index (χ3v) is 3.43. The fourth-order valence-corrected chi connectivity index (χ4v) is 2.16. The van der Waals surface area contributed by atoms with E-state index < -0.39 is 0 Å². The number of rotatable bonds is 1. The lowest BCUT2D eigenvalue weighted by atomic mass is 10.0. The molecule has 1 fully saturated rings. The summed E-state index contributed by atoms with van der Waals surface area (Å²) in [6, 6.07) is 0.519. The van der Waals surface area contributed by atoms with Crippen LogP contribution < -0.4 is 5.32 Å². The molecule has 70 valence electrons. The maximum absolute atomic E-state index is 4.20. The third kappa shape index (κ3) is 1.76. The van der Waals surface area contributed by atoms with Crippen molar-refractivity contribution in [3.8, 4) is 0 Å². The molecule has 0 unspecified atom stereocenters. The molecule has 3 heteroatoms. The summed E-state index contributed by atoms with van der Waals surface area (Å²) in [4.78, 5) is 4.20. The van der Waals surface area contributed by atoms with Crippen LogP contribution in [0.2, 0.25) is 0 Å². The van der Waals surface area contributed by atoms with Crippen LogP contribution in [0.1, 0.15) is 30.0 Å². The van der Waals surface area contributed by atoms with Gasteiger partial charge in [-0.3, -0.25) is 4.98 Å². The number of aromatic nitrogens is 1. The highest BCUT2D eigenvalue weighted by atomic mass is 79.9. The fourth-order valence-electron chi connectivity index (χ4n) is 1.82. The molecule has 1 aliphatic rings. The summed E-state index contributed by atoms with van der Waals surface area (Å²) in [7, 11) is 0. The van der Waals surface area contributed by atoms with Crippen molar-refractivity contribution in [2.24, 2.45) is 0 Å². The fraction of sp³-hybridized carbons (Fsp3) is 0.500. The van der Waals surface area contributed by atoms with Crippen LogP contribution in [0.15, 0.2) is 16.9 Å². The Labute approximate surface area is 86.9 Å². The van der Waals surface area contributed by atoms with Crippen molar-refractivity contribution in [2.45, 2.75) is 25.8 Å². The second kappa shape index (κ2) is 3.76. The average Bonchev–Trinajstić information content (AvgIpc) is 2.62. The Morgan fingerprint density at radius 2 is 2.38 bits per heavy atom. The molecular weight excluding hydrogens is 228 g/mol. The van der Waals surface area contributed by atoms with Gasteiger partial charge in [-0.05, 0) is 53.4 Å². The Balaban J connectivity index is 2.33. The molecule has 2 rings (SSSR count). The summed E-state index contributed by atoms with van der Waals surface area (Å²) in [5.41, 5.74) is 2.65. The molecule has 1 N–H and O–H groups in total. The van der Waals surface area contributed by atoms with Gasteiger partial charge in [0.25, 0.3) is 0 Å². The molecule has 2 heterocycles. The summed E-state index contributed by atoms with van der Waals surface area (Å²) < 4.78 is 1.11. The molecule has 2 nitrogen and oxygen atoms in total. The van der Waals surface area contributed by atoms with E-state index in [9.17, 15) is 0 Å². The number of halogens is 1. The predicted octanol–water partition coefficient (Wildman–Crippen LogP) is 2.58. The SMILES string of the molecule is Cc1c(Br)cncc1[C@H]1CCCN1. The van der Waals surface area contributed by atoms with Gasteiger partial charge in [0.2, 0.25) is 0 Å². The van der Waals surface area contributed by atoms with Crippen molar-refractivity contribution in [1.29, 1.82) is 0 Å². The first-order chi connectivity index (χ1) is 6.29. The van der Waals surface area contributed by atoms with Crippen molar-refractivity contribution in [3.05, 3.63) is 28.0 Å². The quantitative estimate of drug-likeness (QED) is 0.817. The van der Waals surface area contributed by atoms with E-state index in [0.717, 1.165) is 11.0 Å². The van der Waals surface area contributed by atoms with E-state index in [0.29, 0.717) is 6.04 Å². The lowest BCUT2D eigenvalue weighted by molar-refractivity contribution is 0.640. The summed E-state index contributed by atoms with van der Waals surface area (Å²) in [6.07, 6.45) is 6.34. The maximum Gasteiger partial charge on any atom is 0.0413 e. The van der Waals surface area contributed by atoms with Crippen LogP contribution in [0, 0.1) is 6.92 Å². The molecule has 1 atom stereocenters. The van der Waals surface area contributed by atoms with Crippen LogP contribution in [-0.4, -0.2) is 11.5 Å². The highest BCUT2D eigenvalue weighted by Gasteiger charge is 2.18. The van der Waals surface area contributed by atoms with E-state index in [1.165, 1.54) is 24.0 Å². The maximum atomic E-state index is 4.20. The number of hydrogen-bond donors (Lipinski definition) is 1. The molecule has 1 aliphatic heterocycles. The number of nitrogens with one attached hydrogen (secondary N) is 1. The summed E-state index contributed by atoms with van der Waals surface area (Å²) in [6.45, 7) is 3.28. The van der Waals surface area contributed by atoms with E-state index in [-0.39, 0.29) is 0 Å². The van der Waals surface area contributed by atoms with Gasteiger partial charge in [0.1, 0.15) is 0 Å². The Morgan fingerprint density at radius 3 is 3.08 bits per heavy atom. The molecule has 13 heavy (non-hydrogen) atoms. The van der Waals surface area contributed by atoms with Gasteiger partial charge >= 0.3 is 0 Å². The molecule has 1 aromatic heterocycles. The third-order valence-electron chi connectivity index (χ3n) is 2.63. The van der Waals surface area contributed by atoms with Crippen LogP contribution in [0.3, 0.4) is 0 Å². The summed E-state index contributed by atoms with van der Waals surface area (Å²) >= 11 is 3.50. The second-order valence-electron chi connectivity index (χ2n) is 3.48. The van der Waals surface area contributed by atoms with Gasteiger partial charge in [0.05, 0.1) is 0 Å². The Bertz CT molecular complexity index is 306. The van der Waals surface area contributed by atoms with Crippen LogP contribution in [-0.2, 0) is 0 Å². The Morgan fingerprint density at radius 1 is 1.54 bits per heavy atom. The van der Waals surface area contributed by atoms with Gasteiger partial charge in [-0.25, -0.2) is 0 Å². The first kappa shape index (κ1) is 9.16. The molecular formula is C10H13BrN2. The lowest BCUT2D eigenvalue weighted by Crippen LogP contribution is -2.14. The van der Waals surface area contributed by atoms with E-state index >= 15 is 0 Å². The number of hydrogen-bond acceptors (Lipinski definition) is 2. The molecule has 0 radical (unpaired) electrons. The molecule has 0 aliphatic carbocycles. The minimum absolute atomic E-state index is 0.519. The normalized spacial score (nSPS) is 22.2. The highest BCUT2D eigenvalue weighted by molar-refractivity contribution is 9.10. The van der Waals surface area contributed by atoms with Crippen molar-refractivity contribution < 1.29 is 0 Å². The Kier molecular flexibility index (Phi) is 2.65. The molecule has 0 spiro atoms. The second-order valence-corrected chi connectivity index (χ2v) is 4.34. The standard InChI is InChI=1S/C10H13BrN2/c1-7-8(5-12-6-9(7)11)10-3-2-4-13-10/h5-6,10,13H,2-4H2,1H3/t10-/m1/s1. The average molecular weight is 241 g/mol. The van der Waals surface area contributed by atoms with Crippen molar-refractivity contribution in [3.63, 3.8) is 0 Å². The zero-order chi connectivity index (χ0) is 9.26. The highest BCUT2D eigenvalue weighted by Crippen LogP contribution is 2.28. The van der Waals surface area contributed by atoms with Gasteiger partial charge < -0.3 is 5.32 Å².